The number of rotatable bonds is 8. The molecule has 0 unspecified atom stereocenters. The Labute approximate surface area is 108 Å². The van der Waals surface area contributed by atoms with E-state index in [0.29, 0.717) is 31.0 Å². The molecule has 0 amide bonds. The molecule has 0 aliphatic carbocycles. The maximum Gasteiger partial charge on any atom is 0.180 e. The third kappa shape index (κ3) is 4.13. The topological polar surface area (TPSA) is 49.8 Å². The molecular weight excluding hydrogens is 230 g/mol. The minimum absolute atomic E-state index is 0.0225. The van der Waals surface area contributed by atoms with Crippen molar-refractivity contribution in [3.63, 3.8) is 0 Å². The van der Waals surface area contributed by atoms with E-state index in [4.69, 9.17) is 9.84 Å². The van der Waals surface area contributed by atoms with Gasteiger partial charge in [0, 0.05) is 6.54 Å². The van der Waals surface area contributed by atoms with Gasteiger partial charge in [-0.2, -0.15) is 0 Å². The van der Waals surface area contributed by atoms with E-state index in [0.717, 1.165) is 6.54 Å². The average Bonchev–Trinajstić information content (AvgIpc) is 2.39. The van der Waals surface area contributed by atoms with Crippen LogP contribution in [0.2, 0.25) is 0 Å². The number of ketones is 1. The molecule has 4 nitrogen and oxygen atoms in total. The standard InChI is InChI=1S/C14H21NO3/c1-3-15(9-10-16)11-13(17)12-7-5-6-8-14(12)18-4-2/h5-8,16H,3-4,9-11H2,1-2H3. The van der Waals surface area contributed by atoms with Crippen LogP contribution in [0.15, 0.2) is 24.3 Å². The van der Waals surface area contributed by atoms with Crippen molar-refractivity contribution in [3.05, 3.63) is 29.8 Å². The highest BCUT2D eigenvalue weighted by Crippen LogP contribution is 2.18. The number of hydrogen-bond acceptors (Lipinski definition) is 4. The molecule has 0 aliphatic rings. The molecule has 0 fully saturated rings. The second kappa shape index (κ2) is 7.84. The third-order valence-corrected chi connectivity index (χ3v) is 2.72. The van der Waals surface area contributed by atoms with Gasteiger partial charge < -0.3 is 9.84 Å². The molecule has 0 saturated heterocycles. The van der Waals surface area contributed by atoms with Crippen LogP contribution in [0.3, 0.4) is 0 Å². The molecule has 0 heterocycles. The van der Waals surface area contributed by atoms with E-state index < -0.39 is 0 Å². The van der Waals surface area contributed by atoms with Crippen molar-refractivity contribution in [2.45, 2.75) is 13.8 Å². The Morgan fingerprint density at radius 1 is 1.33 bits per heavy atom. The van der Waals surface area contributed by atoms with Crippen LogP contribution in [0.5, 0.6) is 5.75 Å². The lowest BCUT2D eigenvalue weighted by atomic mass is 10.1. The fourth-order valence-corrected chi connectivity index (χ4v) is 1.76. The van der Waals surface area contributed by atoms with E-state index in [-0.39, 0.29) is 12.4 Å². The van der Waals surface area contributed by atoms with Gasteiger partial charge in [0.1, 0.15) is 5.75 Å². The Bertz CT molecular complexity index is 379. The molecule has 0 radical (unpaired) electrons. The molecule has 0 bridgehead atoms. The SMILES string of the molecule is CCOc1ccccc1C(=O)CN(CC)CCO. The predicted molar refractivity (Wildman–Crippen MR) is 71.1 cm³/mol. The number of para-hydroxylation sites is 1. The quantitative estimate of drug-likeness (QED) is 0.713. The molecule has 1 rings (SSSR count). The second-order valence-electron chi connectivity index (χ2n) is 3.94. The zero-order valence-electron chi connectivity index (χ0n) is 11.1. The van der Waals surface area contributed by atoms with Crippen molar-refractivity contribution in [1.29, 1.82) is 0 Å². The van der Waals surface area contributed by atoms with Gasteiger partial charge in [-0.1, -0.05) is 19.1 Å². The average molecular weight is 251 g/mol. The number of benzene rings is 1. The Kier molecular flexibility index (Phi) is 6.39. The van der Waals surface area contributed by atoms with Gasteiger partial charge in [-0.05, 0) is 25.6 Å². The van der Waals surface area contributed by atoms with Crippen molar-refractivity contribution in [3.8, 4) is 5.75 Å². The predicted octanol–water partition coefficient (Wildman–Crippen LogP) is 1.58. The largest absolute Gasteiger partial charge is 0.493 e. The van der Waals surface area contributed by atoms with Gasteiger partial charge in [-0.25, -0.2) is 0 Å². The third-order valence-electron chi connectivity index (χ3n) is 2.72. The molecule has 0 spiro atoms. The summed E-state index contributed by atoms with van der Waals surface area (Å²) in [5, 5.41) is 8.91. The highest BCUT2D eigenvalue weighted by Gasteiger charge is 2.14. The van der Waals surface area contributed by atoms with Crippen LogP contribution in [0.25, 0.3) is 0 Å². The number of nitrogens with zero attached hydrogens (tertiary/aromatic N) is 1. The van der Waals surface area contributed by atoms with Crippen LogP contribution >= 0.6 is 0 Å². The molecule has 1 N–H and O–H groups in total. The number of likely N-dealkylation sites (N-methyl/N-ethyl adjacent to an activating group) is 1. The van der Waals surface area contributed by atoms with Gasteiger partial charge in [-0.15, -0.1) is 0 Å². The molecule has 1 aromatic rings. The summed E-state index contributed by atoms with van der Waals surface area (Å²) in [4.78, 5) is 14.1. The van der Waals surface area contributed by atoms with Crippen molar-refractivity contribution >= 4 is 5.78 Å². The van der Waals surface area contributed by atoms with Crippen LogP contribution in [0, 0.1) is 0 Å². The van der Waals surface area contributed by atoms with E-state index in [1.807, 2.05) is 30.9 Å². The van der Waals surface area contributed by atoms with Gasteiger partial charge >= 0.3 is 0 Å². The first-order valence-corrected chi connectivity index (χ1v) is 6.31. The summed E-state index contributed by atoms with van der Waals surface area (Å²) in [5.41, 5.74) is 0.607. The van der Waals surface area contributed by atoms with E-state index in [1.165, 1.54) is 0 Å². The molecule has 0 aromatic heterocycles. The van der Waals surface area contributed by atoms with Crippen LogP contribution < -0.4 is 4.74 Å². The number of Topliss-reactive ketones (excluding diaryl/α,β-unsaturated/α-hetero) is 1. The monoisotopic (exact) mass is 251 g/mol. The first-order chi connectivity index (χ1) is 8.72. The molecule has 18 heavy (non-hydrogen) atoms. The molecule has 100 valence electrons. The molecule has 0 atom stereocenters. The molecule has 0 saturated carbocycles. The van der Waals surface area contributed by atoms with Gasteiger partial charge in [-0.3, -0.25) is 9.69 Å². The fraction of sp³-hybridized carbons (Fsp3) is 0.500. The molecule has 1 aromatic carbocycles. The van der Waals surface area contributed by atoms with E-state index in [9.17, 15) is 4.79 Å². The van der Waals surface area contributed by atoms with Crippen molar-refractivity contribution in [1.82, 2.24) is 4.90 Å². The lowest BCUT2D eigenvalue weighted by Gasteiger charge is -2.18. The first kappa shape index (κ1) is 14.7. The maximum atomic E-state index is 12.2. The highest BCUT2D eigenvalue weighted by molar-refractivity contribution is 6.00. The Morgan fingerprint density at radius 2 is 2.06 bits per heavy atom. The summed E-state index contributed by atoms with van der Waals surface area (Å²) in [6.07, 6.45) is 0. The van der Waals surface area contributed by atoms with Crippen LogP contribution in [0.1, 0.15) is 24.2 Å². The van der Waals surface area contributed by atoms with Crippen molar-refractivity contribution < 1.29 is 14.6 Å². The Hall–Kier alpha value is -1.39. The summed E-state index contributed by atoms with van der Waals surface area (Å²) in [6, 6.07) is 7.27. The summed E-state index contributed by atoms with van der Waals surface area (Å²) < 4.78 is 5.44. The smallest absolute Gasteiger partial charge is 0.180 e. The van der Waals surface area contributed by atoms with Gasteiger partial charge in [0.15, 0.2) is 5.78 Å². The summed E-state index contributed by atoms with van der Waals surface area (Å²) in [7, 11) is 0. The van der Waals surface area contributed by atoms with Crippen LogP contribution in [0.4, 0.5) is 0 Å². The second-order valence-corrected chi connectivity index (χ2v) is 3.94. The molecule has 0 aliphatic heterocycles. The Balaban J connectivity index is 2.76. The van der Waals surface area contributed by atoms with Crippen LogP contribution in [-0.4, -0.2) is 48.6 Å². The summed E-state index contributed by atoms with van der Waals surface area (Å²) >= 11 is 0. The van der Waals surface area contributed by atoms with E-state index in [2.05, 4.69) is 0 Å². The molecule has 4 heteroatoms. The van der Waals surface area contributed by atoms with Gasteiger partial charge in [0.25, 0.3) is 0 Å². The number of ether oxygens (including phenoxy) is 1. The first-order valence-electron chi connectivity index (χ1n) is 6.31. The molecular formula is C14H21NO3. The maximum absolute atomic E-state index is 12.2. The fourth-order valence-electron chi connectivity index (χ4n) is 1.76. The lowest BCUT2D eigenvalue weighted by molar-refractivity contribution is 0.0916. The van der Waals surface area contributed by atoms with Crippen LogP contribution in [-0.2, 0) is 0 Å². The number of aliphatic hydroxyl groups excluding tert-OH is 1. The minimum Gasteiger partial charge on any atom is -0.493 e. The van der Waals surface area contributed by atoms with Crippen molar-refractivity contribution in [2.24, 2.45) is 0 Å². The van der Waals surface area contributed by atoms with E-state index >= 15 is 0 Å². The Morgan fingerprint density at radius 3 is 2.67 bits per heavy atom. The number of aliphatic hydroxyl groups is 1. The summed E-state index contributed by atoms with van der Waals surface area (Å²) in [6.45, 7) is 6.03. The summed E-state index contributed by atoms with van der Waals surface area (Å²) in [5.74, 6) is 0.652. The zero-order chi connectivity index (χ0) is 13.4. The highest BCUT2D eigenvalue weighted by atomic mass is 16.5. The van der Waals surface area contributed by atoms with Gasteiger partial charge in [0.05, 0.1) is 25.3 Å². The van der Waals surface area contributed by atoms with Gasteiger partial charge in [0.2, 0.25) is 0 Å². The normalized spacial score (nSPS) is 10.7. The minimum atomic E-state index is 0.0225. The van der Waals surface area contributed by atoms with E-state index in [1.54, 1.807) is 12.1 Å². The number of carbonyl (C=O) groups is 1. The number of carbonyl (C=O) groups excluding carboxylic acids is 1. The van der Waals surface area contributed by atoms with Crippen molar-refractivity contribution in [2.75, 3.05) is 32.8 Å². The zero-order valence-corrected chi connectivity index (χ0v) is 11.1. The lowest BCUT2D eigenvalue weighted by Crippen LogP contribution is -2.32. The number of hydrogen-bond donors (Lipinski definition) is 1.